The molecule has 0 fully saturated rings. The largest absolute Gasteiger partial charge is 0.455 e. The van der Waals surface area contributed by atoms with Crippen LogP contribution in [0.25, 0.3) is 99.9 Å². The van der Waals surface area contributed by atoms with E-state index >= 15 is 0 Å². The molecule has 3 aromatic heterocycles. The average Bonchev–Trinajstić information content (AvgIpc) is 4.04. The van der Waals surface area contributed by atoms with Crippen molar-refractivity contribution in [3.63, 3.8) is 0 Å². The van der Waals surface area contributed by atoms with E-state index in [1.807, 2.05) is 18.2 Å². The predicted octanol–water partition coefficient (Wildman–Crippen LogP) is 17.1. The van der Waals surface area contributed by atoms with Crippen molar-refractivity contribution in [3.05, 3.63) is 224 Å². The van der Waals surface area contributed by atoms with Crippen LogP contribution >= 0.6 is 0 Å². The summed E-state index contributed by atoms with van der Waals surface area (Å²) in [5, 5.41) is 5.82. The molecule has 0 amide bonds. The molecule has 1 atom stereocenters. The third kappa shape index (κ3) is 6.13. The van der Waals surface area contributed by atoms with Crippen molar-refractivity contribution in [1.29, 1.82) is 0 Å². The normalized spacial score (nSPS) is 13.6. The smallest absolute Gasteiger partial charge is 0.159 e. The van der Waals surface area contributed by atoms with Gasteiger partial charge in [-0.1, -0.05) is 153 Å². The number of hydrogen-bond donors (Lipinski definition) is 0. The molecule has 308 valence electrons. The highest BCUT2D eigenvalue weighted by molar-refractivity contribution is 6.10. The van der Waals surface area contributed by atoms with E-state index in [-0.39, 0.29) is 0 Å². The van der Waals surface area contributed by atoms with E-state index in [0.717, 1.165) is 84.2 Å². The molecular weight excluding hydrogens is 793 g/mol. The lowest BCUT2D eigenvalue weighted by molar-refractivity contribution is 0.665. The molecule has 1 aliphatic rings. The maximum Gasteiger partial charge on any atom is 0.159 e. The monoisotopic (exact) mass is 834 g/mol. The average molecular weight is 835 g/mol. The summed E-state index contributed by atoms with van der Waals surface area (Å²) in [6, 6.07) is 73.8. The number of fused-ring (bicyclic) bond motifs is 9. The Hall–Kier alpha value is -8.34. The Bertz CT molecular complexity index is 3790. The molecule has 0 bridgehead atoms. The fraction of sp³-hybridized carbons (Fsp3) is 0.0492. The van der Waals surface area contributed by atoms with Gasteiger partial charge in [-0.15, -0.1) is 0 Å². The second kappa shape index (κ2) is 14.9. The Morgan fingerprint density at radius 1 is 0.446 bits per heavy atom. The van der Waals surface area contributed by atoms with Gasteiger partial charge < -0.3 is 18.3 Å². The van der Waals surface area contributed by atoms with Gasteiger partial charge in [-0.3, -0.25) is 0 Å². The summed E-state index contributed by atoms with van der Waals surface area (Å²) in [5.74, 6) is 0.451. The van der Waals surface area contributed by atoms with Crippen LogP contribution in [-0.2, 0) is 6.42 Å². The number of benzene rings is 9. The highest BCUT2D eigenvalue weighted by Gasteiger charge is 2.24. The molecule has 13 rings (SSSR count). The van der Waals surface area contributed by atoms with Gasteiger partial charge in [0.25, 0.3) is 0 Å². The maximum absolute atomic E-state index is 6.58. The Balaban J connectivity index is 0.892. The van der Waals surface area contributed by atoms with Crippen molar-refractivity contribution < 1.29 is 8.83 Å². The minimum atomic E-state index is 0.451. The van der Waals surface area contributed by atoms with E-state index in [4.69, 9.17) is 8.83 Å². The van der Waals surface area contributed by atoms with Gasteiger partial charge in [0.2, 0.25) is 0 Å². The first-order valence-corrected chi connectivity index (χ1v) is 22.5. The SMILES string of the molecule is CC1C=Cc2c(c3cc(-c4ccc(N(c5ccc(-c6ccccc6)cc5)c5ccc(-c6cccc7c6oc6ccccc67)cc5)cc4)ccc3n2-c2cccc3c2oc2ccccc23)C1. The van der Waals surface area contributed by atoms with Crippen molar-refractivity contribution in [2.24, 2.45) is 5.92 Å². The van der Waals surface area contributed by atoms with Gasteiger partial charge in [-0.05, 0) is 119 Å². The first kappa shape index (κ1) is 37.2. The Morgan fingerprint density at radius 3 is 1.65 bits per heavy atom. The standard InChI is InChI=1S/C61H42N2O2/c1-39-21-35-55-53(37-39)54-38-44(28-36-56(54)63(55)57-18-10-17-52-50-14-6-8-20-59(50)65-61(52)57)42-24-31-46(32-25-42)62(45-29-22-41(23-30-45)40-11-3-2-4-12-40)47-33-26-43(27-34-47)48-15-9-16-51-49-13-5-7-19-58(49)64-60(48)51/h2-36,38-39H,37H2,1H3. The summed E-state index contributed by atoms with van der Waals surface area (Å²) in [5.41, 5.74) is 18.7. The number of furan rings is 2. The van der Waals surface area contributed by atoms with E-state index in [9.17, 15) is 0 Å². The van der Waals surface area contributed by atoms with E-state index < -0.39 is 0 Å². The lowest BCUT2D eigenvalue weighted by atomic mass is 9.92. The molecule has 1 aliphatic carbocycles. The highest BCUT2D eigenvalue weighted by atomic mass is 16.3. The molecule has 65 heavy (non-hydrogen) atoms. The van der Waals surface area contributed by atoms with Crippen molar-refractivity contribution >= 4 is 77.9 Å². The molecule has 0 saturated carbocycles. The minimum Gasteiger partial charge on any atom is -0.455 e. The molecular formula is C61H42N2O2. The number of rotatable bonds is 7. The number of hydrogen-bond acceptors (Lipinski definition) is 3. The Labute approximate surface area is 376 Å². The predicted molar refractivity (Wildman–Crippen MR) is 271 cm³/mol. The van der Waals surface area contributed by atoms with Crippen molar-refractivity contribution in [2.75, 3.05) is 4.90 Å². The van der Waals surface area contributed by atoms with Crippen LogP contribution in [0.3, 0.4) is 0 Å². The number of allylic oxidation sites excluding steroid dienone is 1. The zero-order chi connectivity index (χ0) is 43.0. The molecule has 0 saturated heterocycles. The second-order valence-electron chi connectivity index (χ2n) is 17.3. The fourth-order valence-corrected chi connectivity index (χ4v) is 10.2. The second-order valence-corrected chi connectivity index (χ2v) is 17.3. The van der Waals surface area contributed by atoms with Gasteiger partial charge >= 0.3 is 0 Å². The lowest BCUT2D eigenvalue weighted by Crippen LogP contribution is -2.09. The molecule has 9 aromatic carbocycles. The maximum atomic E-state index is 6.58. The Kier molecular flexibility index (Phi) is 8.53. The molecule has 0 spiro atoms. The van der Waals surface area contributed by atoms with Crippen LogP contribution in [0.5, 0.6) is 0 Å². The quantitative estimate of drug-likeness (QED) is 0.160. The molecule has 0 aliphatic heterocycles. The van der Waals surface area contributed by atoms with Gasteiger partial charge in [0, 0.05) is 55.3 Å². The highest BCUT2D eigenvalue weighted by Crippen LogP contribution is 2.43. The molecule has 4 heteroatoms. The first-order chi connectivity index (χ1) is 32.1. The molecule has 0 N–H and O–H groups in total. The number of aromatic nitrogens is 1. The first-order valence-electron chi connectivity index (χ1n) is 22.5. The summed E-state index contributed by atoms with van der Waals surface area (Å²) < 4.78 is 15.4. The van der Waals surface area contributed by atoms with Crippen molar-refractivity contribution in [3.8, 4) is 39.1 Å². The van der Waals surface area contributed by atoms with E-state index in [2.05, 4.69) is 217 Å². The Morgan fingerprint density at radius 2 is 0.969 bits per heavy atom. The van der Waals surface area contributed by atoms with Gasteiger partial charge in [0.05, 0.1) is 11.2 Å². The van der Waals surface area contributed by atoms with Crippen LogP contribution in [0.1, 0.15) is 18.2 Å². The molecule has 3 heterocycles. The number of para-hydroxylation sites is 4. The van der Waals surface area contributed by atoms with Crippen LogP contribution in [0, 0.1) is 5.92 Å². The number of nitrogens with zero attached hydrogens (tertiary/aromatic N) is 2. The zero-order valence-electron chi connectivity index (χ0n) is 35.8. The van der Waals surface area contributed by atoms with Crippen LogP contribution in [0.2, 0.25) is 0 Å². The van der Waals surface area contributed by atoms with E-state index in [1.165, 1.54) is 44.4 Å². The molecule has 4 nitrogen and oxygen atoms in total. The summed E-state index contributed by atoms with van der Waals surface area (Å²) in [6.07, 6.45) is 5.63. The summed E-state index contributed by atoms with van der Waals surface area (Å²) in [4.78, 5) is 2.34. The summed E-state index contributed by atoms with van der Waals surface area (Å²) >= 11 is 0. The van der Waals surface area contributed by atoms with Gasteiger partial charge in [0.1, 0.15) is 16.7 Å². The van der Waals surface area contributed by atoms with Crippen LogP contribution in [-0.4, -0.2) is 4.57 Å². The van der Waals surface area contributed by atoms with E-state index in [1.54, 1.807) is 0 Å². The third-order valence-corrected chi connectivity index (χ3v) is 13.4. The zero-order valence-corrected chi connectivity index (χ0v) is 35.8. The van der Waals surface area contributed by atoms with Crippen LogP contribution < -0.4 is 4.90 Å². The summed E-state index contributed by atoms with van der Waals surface area (Å²) in [7, 11) is 0. The topological polar surface area (TPSA) is 34.5 Å². The fourth-order valence-electron chi connectivity index (χ4n) is 10.2. The molecule has 12 aromatic rings. The van der Waals surface area contributed by atoms with Gasteiger partial charge in [-0.2, -0.15) is 0 Å². The molecule has 1 unspecified atom stereocenters. The van der Waals surface area contributed by atoms with Crippen molar-refractivity contribution in [2.45, 2.75) is 13.3 Å². The summed E-state index contributed by atoms with van der Waals surface area (Å²) in [6.45, 7) is 2.31. The number of anilines is 3. The van der Waals surface area contributed by atoms with E-state index in [0.29, 0.717) is 5.92 Å². The third-order valence-electron chi connectivity index (χ3n) is 13.4. The lowest BCUT2D eigenvalue weighted by Gasteiger charge is -2.26. The van der Waals surface area contributed by atoms with Crippen LogP contribution in [0.4, 0.5) is 17.1 Å². The van der Waals surface area contributed by atoms with Crippen molar-refractivity contribution in [1.82, 2.24) is 4.57 Å². The van der Waals surface area contributed by atoms with Gasteiger partial charge in [0.15, 0.2) is 5.58 Å². The minimum absolute atomic E-state index is 0.451. The van der Waals surface area contributed by atoms with Gasteiger partial charge in [-0.25, -0.2) is 0 Å². The van der Waals surface area contributed by atoms with Crippen LogP contribution in [0.15, 0.2) is 221 Å². The molecule has 0 radical (unpaired) electrons.